The van der Waals surface area contributed by atoms with Crippen molar-refractivity contribution < 1.29 is 9.59 Å². The largest absolute Gasteiger partial charge is 0.388 e. The highest BCUT2D eigenvalue weighted by Crippen LogP contribution is 2.24. The van der Waals surface area contributed by atoms with Crippen molar-refractivity contribution in [3.05, 3.63) is 52.4 Å². The summed E-state index contributed by atoms with van der Waals surface area (Å²) in [4.78, 5) is 36.3. The number of hydrogen-bond donors (Lipinski definition) is 4. The van der Waals surface area contributed by atoms with Crippen LogP contribution >= 0.6 is 11.6 Å². The summed E-state index contributed by atoms with van der Waals surface area (Å²) in [6.07, 6.45) is 5.56. The fourth-order valence-corrected chi connectivity index (χ4v) is 3.85. The fraction of sp³-hybridized carbons (Fsp3) is 0.286. The van der Waals surface area contributed by atoms with E-state index in [1.54, 1.807) is 31.4 Å². The molecule has 1 fully saturated rings. The second-order valence-corrected chi connectivity index (χ2v) is 7.71. The van der Waals surface area contributed by atoms with E-state index >= 15 is 0 Å². The zero-order valence-electron chi connectivity index (χ0n) is 16.4. The van der Waals surface area contributed by atoms with Crippen LogP contribution in [0, 0.1) is 5.41 Å². The number of Topliss-reactive ketones (excluding diaryl/α,β-unsaturated/α-hetero) is 1. The number of anilines is 1. The SMILES string of the molecule is CNc1cc(Cl)ccc1C(=N)c1cnc2[nH]cc(C(=O)NC3CCCC(=O)C3)c2n1. The molecule has 2 heterocycles. The van der Waals surface area contributed by atoms with Crippen molar-refractivity contribution in [2.45, 2.75) is 31.7 Å². The Balaban J connectivity index is 1.63. The van der Waals surface area contributed by atoms with E-state index < -0.39 is 0 Å². The summed E-state index contributed by atoms with van der Waals surface area (Å²) in [7, 11) is 1.75. The molecule has 3 aromatic rings. The minimum Gasteiger partial charge on any atom is -0.388 e. The molecule has 30 heavy (non-hydrogen) atoms. The number of nitrogens with zero attached hydrogens (tertiary/aromatic N) is 2. The molecule has 1 aromatic carbocycles. The van der Waals surface area contributed by atoms with Crippen molar-refractivity contribution in [2.24, 2.45) is 0 Å². The van der Waals surface area contributed by atoms with Crippen molar-refractivity contribution in [3.63, 3.8) is 0 Å². The van der Waals surface area contributed by atoms with E-state index in [1.807, 2.05) is 0 Å². The molecular formula is C21H21ClN6O2. The summed E-state index contributed by atoms with van der Waals surface area (Å²) in [6, 6.07) is 5.02. The lowest BCUT2D eigenvalue weighted by molar-refractivity contribution is -0.120. The van der Waals surface area contributed by atoms with Gasteiger partial charge in [-0.2, -0.15) is 0 Å². The number of ketones is 1. The van der Waals surface area contributed by atoms with Crippen molar-refractivity contribution in [3.8, 4) is 0 Å². The summed E-state index contributed by atoms with van der Waals surface area (Å²) in [5, 5.41) is 15.1. The monoisotopic (exact) mass is 424 g/mol. The Morgan fingerprint density at radius 2 is 2.17 bits per heavy atom. The molecule has 9 heteroatoms. The van der Waals surface area contributed by atoms with Crippen LogP contribution in [0.2, 0.25) is 5.02 Å². The third-order valence-corrected chi connectivity index (χ3v) is 5.45. The molecule has 8 nitrogen and oxygen atoms in total. The minimum absolute atomic E-state index is 0.162. The molecule has 4 N–H and O–H groups in total. The van der Waals surface area contributed by atoms with Crippen LogP contribution in [0.5, 0.6) is 0 Å². The average Bonchev–Trinajstić information content (AvgIpc) is 3.16. The predicted molar refractivity (Wildman–Crippen MR) is 116 cm³/mol. The van der Waals surface area contributed by atoms with Crippen LogP contribution in [0.1, 0.15) is 47.3 Å². The van der Waals surface area contributed by atoms with Gasteiger partial charge in [-0.1, -0.05) is 11.6 Å². The molecular weight excluding hydrogens is 404 g/mol. The molecule has 0 bridgehead atoms. The predicted octanol–water partition coefficient (Wildman–Crippen LogP) is 3.31. The zero-order chi connectivity index (χ0) is 21.3. The third-order valence-electron chi connectivity index (χ3n) is 5.22. The van der Waals surface area contributed by atoms with E-state index in [4.69, 9.17) is 17.0 Å². The van der Waals surface area contributed by atoms with E-state index in [-0.39, 0.29) is 23.4 Å². The summed E-state index contributed by atoms with van der Waals surface area (Å²) < 4.78 is 0. The van der Waals surface area contributed by atoms with Crippen molar-refractivity contribution in [2.75, 3.05) is 12.4 Å². The van der Waals surface area contributed by atoms with Crippen LogP contribution in [-0.4, -0.2) is 45.4 Å². The van der Waals surface area contributed by atoms with E-state index in [0.29, 0.717) is 51.5 Å². The maximum absolute atomic E-state index is 12.8. The number of benzene rings is 1. The van der Waals surface area contributed by atoms with Gasteiger partial charge in [0.1, 0.15) is 17.0 Å². The van der Waals surface area contributed by atoms with Crippen molar-refractivity contribution in [1.82, 2.24) is 20.3 Å². The highest BCUT2D eigenvalue weighted by Gasteiger charge is 2.24. The van der Waals surface area contributed by atoms with Gasteiger partial charge in [0.25, 0.3) is 5.91 Å². The summed E-state index contributed by atoms with van der Waals surface area (Å²) in [5.41, 5.74) is 3.01. The molecule has 0 aliphatic heterocycles. The Morgan fingerprint density at radius 3 is 2.93 bits per heavy atom. The molecule has 1 atom stereocenters. The quantitative estimate of drug-likeness (QED) is 0.468. The first kappa shape index (κ1) is 20.0. The highest BCUT2D eigenvalue weighted by atomic mass is 35.5. The topological polar surface area (TPSA) is 124 Å². The summed E-state index contributed by atoms with van der Waals surface area (Å²) in [5.74, 6) is -0.134. The van der Waals surface area contributed by atoms with Crippen LogP contribution in [0.4, 0.5) is 5.69 Å². The van der Waals surface area contributed by atoms with Crippen LogP contribution < -0.4 is 10.6 Å². The standard InChI is InChI=1S/C21H21ClN6O2/c1-24-16-7-11(22)5-6-14(16)18(23)17-10-26-20-19(28-17)15(9-25-20)21(30)27-12-3-2-4-13(29)8-12/h5-7,9-10,12,23-24H,2-4,8H2,1H3,(H,25,26)(H,27,30). The average molecular weight is 425 g/mol. The number of carbonyl (C=O) groups is 2. The van der Waals surface area contributed by atoms with Gasteiger partial charge < -0.3 is 15.6 Å². The molecule has 0 radical (unpaired) electrons. The molecule has 1 saturated carbocycles. The Bertz CT molecular complexity index is 1160. The number of aromatic nitrogens is 3. The number of H-pyrrole nitrogens is 1. The first-order valence-corrected chi connectivity index (χ1v) is 10.1. The molecule has 4 rings (SSSR count). The first-order valence-electron chi connectivity index (χ1n) is 9.69. The third kappa shape index (κ3) is 3.91. The van der Waals surface area contributed by atoms with Gasteiger partial charge in [-0.25, -0.2) is 9.97 Å². The number of halogens is 1. The maximum atomic E-state index is 12.8. The van der Waals surface area contributed by atoms with Gasteiger partial charge in [0.05, 0.1) is 17.5 Å². The molecule has 0 saturated heterocycles. The lowest BCUT2D eigenvalue weighted by atomic mass is 9.94. The number of hydrogen-bond acceptors (Lipinski definition) is 6. The number of aromatic amines is 1. The molecule has 154 valence electrons. The number of amides is 1. The smallest absolute Gasteiger partial charge is 0.255 e. The number of fused-ring (bicyclic) bond motifs is 1. The first-order chi connectivity index (χ1) is 14.5. The van der Waals surface area contributed by atoms with Crippen LogP contribution in [0.3, 0.4) is 0 Å². The van der Waals surface area contributed by atoms with Crippen LogP contribution in [0.25, 0.3) is 11.2 Å². The highest BCUT2D eigenvalue weighted by molar-refractivity contribution is 6.31. The Morgan fingerprint density at radius 1 is 1.33 bits per heavy atom. The van der Waals surface area contributed by atoms with E-state index in [9.17, 15) is 9.59 Å². The molecule has 0 spiro atoms. The second-order valence-electron chi connectivity index (χ2n) is 7.28. The number of rotatable bonds is 5. The van der Waals surface area contributed by atoms with Crippen molar-refractivity contribution >= 4 is 45.9 Å². The van der Waals surface area contributed by atoms with Gasteiger partial charge in [0, 0.05) is 48.4 Å². The molecule has 1 aliphatic carbocycles. The van der Waals surface area contributed by atoms with Gasteiger partial charge >= 0.3 is 0 Å². The summed E-state index contributed by atoms with van der Waals surface area (Å²) >= 11 is 6.05. The minimum atomic E-state index is -0.304. The second kappa shape index (κ2) is 8.23. The lowest BCUT2D eigenvalue weighted by Crippen LogP contribution is -2.38. The normalized spacial score (nSPS) is 16.5. The molecule has 1 unspecified atom stereocenters. The van der Waals surface area contributed by atoms with E-state index in [1.165, 1.54) is 6.20 Å². The lowest BCUT2D eigenvalue weighted by Gasteiger charge is -2.21. The van der Waals surface area contributed by atoms with Crippen molar-refractivity contribution in [1.29, 1.82) is 5.41 Å². The van der Waals surface area contributed by atoms with Gasteiger partial charge in [0.15, 0.2) is 5.65 Å². The maximum Gasteiger partial charge on any atom is 0.255 e. The Labute approximate surface area is 178 Å². The zero-order valence-corrected chi connectivity index (χ0v) is 17.1. The van der Waals surface area contributed by atoms with Gasteiger partial charge in [-0.3, -0.25) is 15.0 Å². The van der Waals surface area contributed by atoms with Gasteiger partial charge in [-0.05, 0) is 31.0 Å². The van der Waals surface area contributed by atoms with Crippen LogP contribution in [0.15, 0.2) is 30.6 Å². The molecule has 1 amide bonds. The Hall–Kier alpha value is -3.26. The van der Waals surface area contributed by atoms with E-state index in [2.05, 4.69) is 25.6 Å². The number of carbonyl (C=O) groups excluding carboxylic acids is 2. The number of nitrogens with one attached hydrogen (secondary N) is 4. The Kier molecular flexibility index (Phi) is 5.50. The fourth-order valence-electron chi connectivity index (χ4n) is 3.68. The summed E-state index contributed by atoms with van der Waals surface area (Å²) in [6.45, 7) is 0. The van der Waals surface area contributed by atoms with Gasteiger partial charge in [-0.15, -0.1) is 0 Å². The van der Waals surface area contributed by atoms with Gasteiger partial charge in [0.2, 0.25) is 0 Å². The molecule has 1 aliphatic rings. The van der Waals surface area contributed by atoms with E-state index in [0.717, 1.165) is 12.8 Å². The van der Waals surface area contributed by atoms with Crippen LogP contribution in [-0.2, 0) is 4.79 Å². The molecule has 2 aromatic heterocycles.